The third kappa shape index (κ3) is 1.25. The number of fused-ring (bicyclic) bond motifs is 1. The lowest BCUT2D eigenvalue weighted by molar-refractivity contribution is 0.412. The number of ether oxygens (including phenoxy) is 1. The molecule has 0 atom stereocenters. The fourth-order valence-electron chi connectivity index (χ4n) is 1.18. The number of aromatic hydroxyl groups is 1. The van der Waals surface area contributed by atoms with E-state index in [9.17, 15) is 5.11 Å². The number of hydrogen-bond acceptors (Lipinski definition) is 5. The third-order valence-corrected chi connectivity index (χ3v) is 3.19. The van der Waals surface area contributed by atoms with Crippen LogP contribution in [0.5, 0.6) is 11.5 Å². The molecule has 74 valence electrons. The van der Waals surface area contributed by atoms with Crippen molar-refractivity contribution in [2.45, 2.75) is 0 Å². The first-order valence-electron chi connectivity index (χ1n) is 3.75. The zero-order valence-electron chi connectivity index (χ0n) is 7.24. The Morgan fingerprint density at radius 3 is 3.00 bits per heavy atom. The van der Waals surface area contributed by atoms with Gasteiger partial charge in [-0.3, -0.25) is 0 Å². The van der Waals surface area contributed by atoms with E-state index in [-0.39, 0.29) is 10.8 Å². The van der Waals surface area contributed by atoms with Gasteiger partial charge in [0, 0.05) is 6.07 Å². The molecule has 3 N–H and O–H groups in total. The largest absolute Gasteiger partial charge is 0.506 e. The highest BCUT2D eigenvalue weighted by Crippen LogP contribution is 2.41. The quantitative estimate of drug-likeness (QED) is 0.789. The standard InChI is InChI=1S/C8H7ClN2O2S/c1-13-4-2-3(12)5(9)7-6(4)11-8(10)14-7/h2,12H,1H3,(H2,10,11). The molecule has 0 fully saturated rings. The van der Waals surface area contributed by atoms with Gasteiger partial charge in [-0.1, -0.05) is 22.9 Å². The molecule has 4 nitrogen and oxygen atoms in total. The van der Waals surface area contributed by atoms with Crippen molar-refractivity contribution in [3.8, 4) is 11.5 Å². The van der Waals surface area contributed by atoms with Crippen molar-refractivity contribution in [3.63, 3.8) is 0 Å². The van der Waals surface area contributed by atoms with E-state index in [1.165, 1.54) is 24.5 Å². The molecule has 0 aliphatic rings. The smallest absolute Gasteiger partial charge is 0.181 e. The average molecular weight is 231 g/mol. The molecule has 1 heterocycles. The maximum Gasteiger partial charge on any atom is 0.181 e. The SMILES string of the molecule is COc1cc(O)c(Cl)c2sc(N)nc12. The molecular formula is C8H7ClN2O2S. The van der Waals surface area contributed by atoms with Crippen LogP contribution in [0.1, 0.15) is 0 Å². The molecule has 0 saturated heterocycles. The summed E-state index contributed by atoms with van der Waals surface area (Å²) < 4.78 is 5.69. The van der Waals surface area contributed by atoms with E-state index in [1.54, 1.807) is 0 Å². The van der Waals surface area contributed by atoms with Gasteiger partial charge in [0.2, 0.25) is 0 Å². The summed E-state index contributed by atoms with van der Waals surface area (Å²) in [4.78, 5) is 4.06. The number of halogens is 1. The highest BCUT2D eigenvalue weighted by Gasteiger charge is 2.14. The summed E-state index contributed by atoms with van der Waals surface area (Å²) in [6.45, 7) is 0. The van der Waals surface area contributed by atoms with Gasteiger partial charge < -0.3 is 15.6 Å². The van der Waals surface area contributed by atoms with Crippen LogP contribution in [0.15, 0.2) is 6.07 Å². The average Bonchev–Trinajstić information content (AvgIpc) is 2.54. The van der Waals surface area contributed by atoms with Gasteiger partial charge >= 0.3 is 0 Å². The molecule has 6 heteroatoms. The Balaban J connectivity index is 2.88. The van der Waals surface area contributed by atoms with E-state index in [1.807, 2.05) is 0 Å². The number of nitrogen functional groups attached to an aromatic ring is 1. The van der Waals surface area contributed by atoms with Crippen LogP contribution in [-0.4, -0.2) is 17.2 Å². The highest BCUT2D eigenvalue weighted by molar-refractivity contribution is 7.22. The summed E-state index contributed by atoms with van der Waals surface area (Å²) in [5.41, 5.74) is 6.13. The molecule has 0 saturated carbocycles. The Morgan fingerprint density at radius 1 is 1.64 bits per heavy atom. The minimum atomic E-state index is -0.0281. The lowest BCUT2D eigenvalue weighted by Gasteiger charge is -2.03. The molecule has 0 amide bonds. The lowest BCUT2D eigenvalue weighted by Crippen LogP contribution is -1.86. The predicted molar refractivity (Wildman–Crippen MR) is 57.3 cm³/mol. The highest BCUT2D eigenvalue weighted by atomic mass is 35.5. The summed E-state index contributed by atoms with van der Waals surface area (Å²) >= 11 is 7.09. The number of methoxy groups -OCH3 is 1. The zero-order valence-corrected chi connectivity index (χ0v) is 8.82. The second-order valence-corrected chi connectivity index (χ2v) is 4.05. The molecule has 2 rings (SSSR count). The van der Waals surface area contributed by atoms with Gasteiger partial charge in [0.15, 0.2) is 5.13 Å². The number of nitrogens with two attached hydrogens (primary N) is 1. The van der Waals surface area contributed by atoms with Gasteiger partial charge in [-0.05, 0) is 0 Å². The van der Waals surface area contributed by atoms with E-state index in [0.717, 1.165) is 0 Å². The van der Waals surface area contributed by atoms with E-state index < -0.39 is 0 Å². The molecule has 0 spiro atoms. The number of phenols is 1. The first kappa shape index (κ1) is 9.36. The molecule has 0 aliphatic heterocycles. The number of anilines is 1. The summed E-state index contributed by atoms with van der Waals surface area (Å²) in [6, 6.07) is 1.42. The summed E-state index contributed by atoms with van der Waals surface area (Å²) in [5.74, 6) is 0.439. The molecule has 1 aromatic carbocycles. The van der Waals surface area contributed by atoms with Gasteiger partial charge in [-0.2, -0.15) is 0 Å². The van der Waals surface area contributed by atoms with Crippen LogP contribution in [0, 0.1) is 0 Å². The first-order valence-corrected chi connectivity index (χ1v) is 4.94. The van der Waals surface area contributed by atoms with Crippen molar-refractivity contribution in [2.75, 3.05) is 12.8 Å². The van der Waals surface area contributed by atoms with E-state index in [4.69, 9.17) is 22.1 Å². The maximum atomic E-state index is 9.46. The Kier molecular flexibility index (Phi) is 2.13. The normalized spacial score (nSPS) is 10.7. The molecule has 0 radical (unpaired) electrons. The topological polar surface area (TPSA) is 68.4 Å². The van der Waals surface area contributed by atoms with Crippen LogP contribution in [0.25, 0.3) is 10.2 Å². The van der Waals surface area contributed by atoms with Crippen molar-refractivity contribution in [1.29, 1.82) is 0 Å². The number of benzene rings is 1. The van der Waals surface area contributed by atoms with E-state index >= 15 is 0 Å². The monoisotopic (exact) mass is 230 g/mol. The van der Waals surface area contributed by atoms with Crippen molar-refractivity contribution >= 4 is 38.3 Å². The minimum absolute atomic E-state index is 0.0281. The number of nitrogens with zero attached hydrogens (tertiary/aromatic N) is 1. The van der Waals surface area contributed by atoms with Crippen molar-refractivity contribution in [3.05, 3.63) is 11.1 Å². The fraction of sp³-hybridized carbons (Fsp3) is 0.125. The van der Waals surface area contributed by atoms with Gasteiger partial charge in [-0.15, -0.1) is 0 Å². The van der Waals surface area contributed by atoms with Crippen LogP contribution >= 0.6 is 22.9 Å². The summed E-state index contributed by atoms with van der Waals surface area (Å²) in [6.07, 6.45) is 0. The van der Waals surface area contributed by atoms with Crippen molar-refractivity contribution < 1.29 is 9.84 Å². The van der Waals surface area contributed by atoms with Crippen molar-refractivity contribution in [1.82, 2.24) is 4.98 Å². The van der Waals surface area contributed by atoms with Crippen LogP contribution < -0.4 is 10.5 Å². The maximum absolute atomic E-state index is 9.46. The fourth-order valence-corrected chi connectivity index (χ4v) is 2.22. The van der Waals surface area contributed by atoms with Crippen LogP contribution in [0.2, 0.25) is 5.02 Å². The second-order valence-electron chi connectivity index (χ2n) is 2.64. The number of phenolic OH excluding ortho intramolecular Hbond substituents is 1. The molecule has 1 aromatic heterocycles. The van der Waals surface area contributed by atoms with Gasteiger partial charge in [-0.25, -0.2) is 4.98 Å². The zero-order chi connectivity index (χ0) is 10.3. The van der Waals surface area contributed by atoms with Crippen LogP contribution in [-0.2, 0) is 0 Å². The Labute approximate surface area is 88.9 Å². The Morgan fingerprint density at radius 2 is 2.36 bits per heavy atom. The lowest BCUT2D eigenvalue weighted by atomic mass is 10.3. The van der Waals surface area contributed by atoms with Gasteiger partial charge in [0.25, 0.3) is 0 Å². The van der Waals surface area contributed by atoms with Crippen LogP contribution in [0.4, 0.5) is 5.13 Å². The molecular weight excluding hydrogens is 224 g/mol. The predicted octanol–water partition coefficient (Wildman–Crippen LogP) is 2.25. The molecule has 0 bridgehead atoms. The van der Waals surface area contributed by atoms with Crippen LogP contribution in [0.3, 0.4) is 0 Å². The van der Waals surface area contributed by atoms with E-state index in [2.05, 4.69) is 4.98 Å². The Bertz CT molecular complexity index is 498. The molecule has 14 heavy (non-hydrogen) atoms. The number of rotatable bonds is 1. The minimum Gasteiger partial charge on any atom is -0.506 e. The Hall–Kier alpha value is -1.20. The number of hydrogen-bond donors (Lipinski definition) is 2. The van der Waals surface area contributed by atoms with E-state index in [0.29, 0.717) is 21.1 Å². The van der Waals surface area contributed by atoms with Gasteiger partial charge in [0.05, 0.1) is 11.8 Å². The first-order chi connectivity index (χ1) is 6.63. The van der Waals surface area contributed by atoms with Crippen molar-refractivity contribution in [2.24, 2.45) is 0 Å². The molecule has 2 aromatic rings. The second kappa shape index (κ2) is 3.18. The molecule has 0 aliphatic carbocycles. The number of aromatic nitrogens is 1. The summed E-state index contributed by atoms with van der Waals surface area (Å²) in [5, 5.41) is 10.1. The molecule has 0 unspecified atom stereocenters. The third-order valence-electron chi connectivity index (χ3n) is 1.79. The number of thiazole rings is 1. The summed E-state index contributed by atoms with van der Waals surface area (Å²) in [7, 11) is 1.50. The van der Waals surface area contributed by atoms with Gasteiger partial charge in [0.1, 0.15) is 22.0 Å².